The average Bonchev–Trinajstić information content (AvgIpc) is 2.28. The molecule has 1 amide bonds. The van der Waals surface area contributed by atoms with Crippen molar-refractivity contribution in [2.24, 2.45) is 0 Å². The van der Waals surface area contributed by atoms with Crippen LogP contribution in [0.1, 0.15) is 18.4 Å². The Bertz CT molecular complexity index is 288. The van der Waals surface area contributed by atoms with E-state index in [-0.39, 0.29) is 6.04 Å². The molecule has 3 nitrogen and oxygen atoms in total. The smallest absolute Gasteiger partial charge is 0.207 e. The third-order valence-electron chi connectivity index (χ3n) is 2.31. The molecule has 0 aromatic heterocycles. The molecule has 0 aliphatic rings. The fraction of sp³-hybridized carbons (Fsp3) is 0.333. The Morgan fingerprint density at radius 2 is 1.93 bits per heavy atom. The summed E-state index contributed by atoms with van der Waals surface area (Å²) < 4.78 is 0. The second-order valence-electron chi connectivity index (χ2n) is 3.41. The maximum atomic E-state index is 10.3. The Hall–Kier alpha value is -1.64. The van der Waals surface area contributed by atoms with Gasteiger partial charge < -0.3 is 10.1 Å². The van der Waals surface area contributed by atoms with Gasteiger partial charge in [0.2, 0.25) is 6.41 Å². The number of hydrogen-bond acceptors (Lipinski definition) is 2. The second kappa shape index (κ2) is 6.76. The van der Waals surface area contributed by atoms with E-state index in [9.17, 15) is 9.59 Å². The van der Waals surface area contributed by atoms with Crippen LogP contribution >= 0.6 is 0 Å². The third-order valence-corrected chi connectivity index (χ3v) is 2.31. The van der Waals surface area contributed by atoms with Gasteiger partial charge in [0.05, 0.1) is 0 Å². The van der Waals surface area contributed by atoms with Crippen LogP contribution in [0, 0.1) is 0 Å². The second-order valence-corrected chi connectivity index (χ2v) is 3.41. The number of hydrogen-bond donors (Lipinski definition) is 1. The standard InChI is InChI=1S/C12H15NO2/c14-9-8-12(13-10-15)7-6-11-4-2-1-3-5-11/h1-5,9-10,12H,6-8H2,(H,13,15). The van der Waals surface area contributed by atoms with E-state index in [0.29, 0.717) is 12.8 Å². The quantitative estimate of drug-likeness (QED) is 0.682. The van der Waals surface area contributed by atoms with E-state index in [0.717, 1.165) is 19.1 Å². The summed E-state index contributed by atoms with van der Waals surface area (Å²) in [6.45, 7) is 0. The first-order valence-corrected chi connectivity index (χ1v) is 5.04. The lowest BCUT2D eigenvalue weighted by molar-refractivity contribution is -0.111. The summed E-state index contributed by atoms with van der Waals surface area (Å²) in [4.78, 5) is 20.6. The SMILES string of the molecule is O=CCC(CCc1ccccc1)NC=O. The first kappa shape index (κ1) is 11.4. The Morgan fingerprint density at radius 3 is 2.53 bits per heavy atom. The highest BCUT2D eigenvalue weighted by atomic mass is 16.1. The lowest BCUT2D eigenvalue weighted by Crippen LogP contribution is -2.28. The van der Waals surface area contributed by atoms with Crippen LogP contribution < -0.4 is 5.32 Å². The number of carbonyl (C=O) groups is 2. The number of aldehydes is 1. The van der Waals surface area contributed by atoms with Crippen molar-refractivity contribution < 1.29 is 9.59 Å². The highest BCUT2D eigenvalue weighted by Crippen LogP contribution is 2.06. The van der Waals surface area contributed by atoms with E-state index in [1.807, 2.05) is 30.3 Å². The lowest BCUT2D eigenvalue weighted by atomic mass is 10.0. The predicted molar refractivity (Wildman–Crippen MR) is 58.4 cm³/mol. The van der Waals surface area contributed by atoms with Crippen molar-refractivity contribution in [1.82, 2.24) is 5.32 Å². The van der Waals surface area contributed by atoms with Crippen molar-refractivity contribution >= 4 is 12.7 Å². The maximum Gasteiger partial charge on any atom is 0.207 e. The van der Waals surface area contributed by atoms with Crippen LogP contribution in [0.25, 0.3) is 0 Å². The van der Waals surface area contributed by atoms with Crippen molar-refractivity contribution in [3.05, 3.63) is 35.9 Å². The molecule has 0 spiro atoms. The van der Waals surface area contributed by atoms with Crippen LogP contribution in [0.5, 0.6) is 0 Å². The lowest BCUT2D eigenvalue weighted by Gasteiger charge is -2.12. The maximum absolute atomic E-state index is 10.3. The highest BCUT2D eigenvalue weighted by molar-refractivity contribution is 5.53. The molecule has 0 saturated carbocycles. The van der Waals surface area contributed by atoms with Crippen molar-refractivity contribution in [3.8, 4) is 0 Å². The first-order chi connectivity index (χ1) is 7.36. The zero-order chi connectivity index (χ0) is 10.9. The average molecular weight is 205 g/mol. The van der Waals surface area contributed by atoms with Crippen LogP contribution in [0.15, 0.2) is 30.3 Å². The zero-order valence-electron chi connectivity index (χ0n) is 8.56. The number of benzene rings is 1. The van der Waals surface area contributed by atoms with Crippen LogP contribution in [-0.2, 0) is 16.0 Å². The van der Waals surface area contributed by atoms with Crippen LogP contribution in [0.3, 0.4) is 0 Å². The zero-order valence-corrected chi connectivity index (χ0v) is 8.56. The van der Waals surface area contributed by atoms with Gasteiger partial charge in [0, 0.05) is 12.5 Å². The van der Waals surface area contributed by atoms with Gasteiger partial charge >= 0.3 is 0 Å². The van der Waals surface area contributed by atoms with Gasteiger partial charge in [0.1, 0.15) is 6.29 Å². The molecule has 0 aliphatic carbocycles. The van der Waals surface area contributed by atoms with Crippen molar-refractivity contribution in [1.29, 1.82) is 0 Å². The van der Waals surface area contributed by atoms with Crippen molar-refractivity contribution in [2.45, 2.75) is 25.3 Å². The Kier molecular flexibility index (Phi) is 5.15. The van der Waals surface area contributed by atoms with E-state index in [1.54, 1.807) is 0 Å². The summed E-state index contributed by atoms with van der Waals surface area (Å²) in [6.07, 6.45) is 3.54. The van der Waals surface area contributed by atoms with Gasteiger partial charge in [-0.15, -0.1) is 0 Å². The van der Waals surface area contributed by atoms with Crippen LogP contribution in [0.4, 0.5) is 0 Å². The molecule has 0 aliphatic heterocycles. The third kappa shape index (κ3) is 4.40. The molecule has 1 unspecified atom stereocenters. The molecule has 0 fully saturated rings. The minimum absolute atomic E-state index is 0.0415. The van der Waals surface area contributed by atoms with E-state index >= 15 is 0 Å². The molecule has 0 saturated heterocycles. The summed E-state index contributed by atoms with van der Waals surface area (Å²) in [5, 5.41) is 2.64. The topological polar surface area (TPSA) is 46.2 Å². The fourth-order valence-corrected chi connectivity index (χ4v) is 1.47. The van der Waals surface area contributed by atoms with Crippen molar-refractivity contribution in [2.75, 3.05) is 0 Å². The molecule has 3 heteroatoms. The number of amides is 1. The summed E-state index contributed by atoms with van der Waals surface area (Å²) >= 11 is 0. The fourth-order valence-electron chi connectivity index (χ4n) is 1.47. The largest absolute Gasteiger partial charge is 0.356 e. The monoisotopic (exact) mass is 205 g/mol. The van der Waals surface area contributed by atoms with E-state index < -0.39 is 0 Å². The number of rotatable bonds is 7. The van der Waals surface area contributed by atoms with E-state index in [1.165, 1.54) is 5.56 Å². The van der Waals surface area contributed by atoms with Gasteiger partial charge in [0.15, 0.2) is 0 Å². The first-order valence-electron chi connectivity index (χ1n) is 5.04. The summed E-state index contributed by atoms with van der Waals surface area (Å²) in [6, 6.07) is 9.97. The predicted octanol–water partition coefficient (Wildman–Crippen LogP) is 1.32. The molecule has 15 heavy (non-hydrogen) atoms. The molecule has 1 aromatic rings. The molecule has 0 heterocycles. The van der Waals surface area contributed by atoms with Gasteiger partial charge in [-0.05, 0) is 18.4 Å². The minimum atomic E-state index is -0.0415. The van der Waals surface area contributed by atoms with Crippen molar-refractivity contribution in [3.63, 3.8) is 0 Å². The Morgan fingerprint density at radius 1 is 1.20 bits per heavy atom. The molecular formula is C12H15NO2. The Balaban J connectivity index is 2.39. The van der Waals surface area contributed by atoms with Crippen LogP contribution in [0.2, 0.25) is 0 Å². The molecule has 1 N–H and O–H groups in total. The molecular weight excluding hydrogens is 190 g/mol. The molecule has 1 rings (SSSR count). The molecule has 1 aromatic carbocycles. The number of aryl methyl sites for hydroxylation is 1. The van der Waals surface area contributed by atoms with Gasteiger partial charge in [-0.1, -0.05) is 30.3 Å². The van der Waals surface area contributed by atoms with E-state index in [2.05, 4.69) is 5.32 Å². The number of carbonyl (C=O) groups excluding carboxylic acids is 2. The summed E-state index contributed by atoms with van der Waals surface area (Å²) in [5.41, 5.74) is 1.22. The minimum Gasteiger partial charge on any atom is -0.356 e. The van der Waals surface area contributed by atoms with Gasteiger partial charge in [-0.3, -0.25) is 4.79 Å². The normalized spacial score (nSPS) is 11.7. The number of nitrogens with one attached hydrogen (secondary N) is 1. The summed E-state index contributed by atoms with van der Waals surface area (Å²) in [7, 11) is 0. The molecule has 1 atom stereocenters. The Labute approximate surface area is 89.5 Å². The highest BCUT2D eigenvalue weighted by Gasteiger charge is 2.06. The molecule has 0 bridgehead atoms. The summed E-state index contributed by atoms with van der Waals surface area (Å²) in [5.74, 6) is 0. The molecule has 0 radical (unpaired) electrons. The van der Waals surface area contributed by atoms with E-state index in [4.69, 9.17) is 0 Å². The molecule has 80 valence electrons. The van der Waals surface area contributed by atoms with Crippen LogP contribution in [-0.4, -0.2) is 18.7 Å². The van der Waals surface area contributed by atoms with Gasteiger partial charge in [-0.2, -0.15) is 0 Å². The van der Waals surface area contributed by atoms with Gasteiger partial charge in [0.25, 0.3) is 0 Å². The van der Waals surface area contributed by atoms with Gasteiger partial charge in [-0.25, -0.2) is 0 Å².